The van der Waals surface area contributed by atoms with Crippen LogP contribution in [-0.4, -0.2) is 31.7 Å². The van der Waals surface area contributed by atoms with Crippen molar-refractivity contribution in [3.05, 3.63) is 66.2 Å². The van der Waals surface area contributed by atoms with Gasteiger partial charge >= 0.3 is 0 Å². The molecule has 0 radical (unpaired) electrons. The van der Waals surface area contributed by atoms with Crippen LogP contribution in [0.1, 0.15) is 10.5 Å². The maximum atomic E-state index is 12.5. The van der Waals surface area contributed by atoms with E-state index in [0.717, 1.165) is 11.3 Å². The van der Waals surface area contributed by atoms with E-state index in [-0.39, 0.29) is 5.91 Å². The van der Waals surface area contributed by atoms with Crippen LogP contribution < -0.4 is 19.5 Å². The molecule has 7 heteroatoms. The van der Waals surface area contributed by atoms with Gasteiger partial charge in [0.05, 0.1) is 14.2 Å². The fourth-order valence-corrected chi connectivity index (χ4v) is 3.25. The number of ether oxygens (including phenoxy) is 3. The number of hydrogen-bond donors (Lipinski definition) is 1. The first-order valence-electron chi connectivity index (χ1n) is 8.47. The Labute approximate surface area is 167 Å². The first-order chi connectivity index (χ1) is 13.6. The van der Waals surface area contributed by atoms with Gasteiger partial charge in [0.1, 0.15) is 23.1 Å². The van der Waals surface area contributed by atoms with E-state index >= 15 is 0 Å². The lowest BCUT2D eigenvalue weighted by atomic mass is 10.2. The summed E-state index contributed by atoms with van der Waals surface area (Å²) in [6.45, 7) is 4.03. The van der Waals surface area contributed by atoms with Gasteiger partial charge in [-0.15, -0.1) is 11.3 Å². The number of rotatable bonds is 8. The van der Waals surface area contributed by atoms with Crippen molar-refractivity contribution >= 4 is 22.9 Å². The number of nitrogens with one attached hydrogen (secondary N) is 1. The zero-order valence-corrected chi connectivity index (χ0v) is 16.4. The number of amides is 1. The van der Waals surface area contributed by atoms with E-state index in [1.165, 1.54) is 11.3 Å². The molecule has 0 aliphatic rings. The van der Waals surface area contributed by atoms with Crippen LogP contribution in [0.25, 0.3) is 10.6 Å². The summed E-state index contributed by atoms with van der Waals surface area (Å²) >= 11 is 1.39. The summed E-state index contributed by atoms with van der Waals surface area (Å²) < 4.78 is 16.1. The molecule has 3 aromatic rings. The van der Waals surface area contributed by atoms with Gasteiger partial charge in [0.2, 0.25) is 0 Å². The van der Waals surface area contributed by atoms with Gasteiger partial charge in [-0.3, -0.25) is 4.79 Å². The molecule has 0 spiro atoms. The van der Waals surface area contributed by atoms with Gasteiger partial charge in [-0.05, 0) is 42.5 Å². The van der Waals surface area contributed by atoms with E-state index in [1.807, 2.05) is 18.2 Å². The Bertz CT molecular complexity index is 967. The summed E-state index contributed by atoms with van der Waals surface area (Å²) in [6, 6.07) is 12.6. The summed E-state index contributed by atoms with van der Waals surface area (Å²) in [7, 11) is 3.17. The van der Waals surface area contributed by atoms with Crippen molar-refractivity contribution in [2.75, 3.05) is 26.1 Å². The molecule has 28 heavy (non-hydrogen) atoms. The molecule has 6 nitrogen and oxygen atoms in total. The topological polar surface area (TPSA) is 69.7 Å². The fourth-order valence-electron chi connectivity index (χ4n) is 2.45. The number of carbonyl (C=O) groups excluding carboxylic acids is 1. The fraction of sp³-hybridized carbons (Fsp3) is 0.143. The van der Waals surface area contributed by atoms with Crippen LogP contribution >= 0.6 is 11.3 Å². The monoisotopic (exact) mass is 396 g/mol. The van der Waals surface area contributed by atoms with Crippen LogP contribution in [0.4, 0.5) is 5.69 Å². The van der Waals surface area contributed by atoms with E-state index in [9.17, 15) is 4.79 Å². The summed E-state index contributed by atoms with van der Waals surface area (Å²) in [5.74, 6) is 1.67. The van der Waals surface area contributed by atoms with Gasteiger partial charge in [-0.2, -0.15) is 0 Å². The smallest absolute Gasteiger partial charge is 0.275 e. The minimum atomic E-state index is -0.273. The minimum absolute atomic E-state index is 0.273. The molecule has 0 bridgehead atoms. The lowest BCUT2D eigenvalue weighted by Gasteiger charge is -2.10. The summed E-state index contributed by atoms with van der Waals surface area (Å²) in [5.41, 5.74) is 1.86. The third-order valence-corrected chi connectivity index (χ3v) is 4.74. The number of nitrogens with zero attached hydrogens (tertiary/aromatic N) is 1. The molecule has 0 unspecified atom stereocenters. The molecular weight excluding hydrogens is 376 g/mol. The Morgan fingerprint density at radius 3 is 2.61 bits per heavy atom. The maximum absolute atomic E-state index is 12.5. The van der Waals surface area contributed by atoms with Gasteiger partial charge in [0.15, 0.2) is 11.5 Å². The zero-order chi connectivity index (χ0) is 19.9. The third kappa shape index (κ3) is 4.50. The predicted molar refractivity (Wildman–Crippen MR) is 111 cm³/mol. The molecule has 1 N–H and O–H groups in total. The molecule has 1 heterocycles. The van der Waals surface area contributed by atoms with E-state index in [2.05, 4.69) is 16.9 Å². The number of benzene rings is 2. The van der Waals surface area contributed by atoms with Gasteiger partial charge in [0, 0.05) is 16.6 Å². The molecule has 0 saturated heterocycles. The number of hydrogen-bond acceptors (Lipinski definition) is 6. The van der Waals surface area contributed by atoms with Crippen LogP contribution in [0, 0.1) is 0 Å². The molecule has 0 saturated carbocycles. The second-order valence-electron chi connectivity index (χ2n) is 5.69. The molecule has 1 aromatic heterocycles. The lowest BCUT2D eigenvalue weighted by molar-refractivity contribution is 0.102. The number of anilines is 1. The van der Waals surface area contributed by atoms with Crippen LogP contribution in [0.15, 0.2) is 60.5 Å². The number of aromatic nitrogens is 1. The lowest BCUT2D eigenvalue weighted by Crippen LogP contribution is -2.12. The van der Waals surface area contributed by atoms with Crippen molar-refractivity contribution < 1.29 is 19.0 Å². The minimum Gasteiger partial charge on any atom is -0.497 e. The Morgan fingerprint density at radius 1 is 1.14 bits per heavy atom. The Hall–Kier alpha value is -3.32. The van der Waals surface area contributed by atoms with Gasteiger partial charge in [0.25, 0.3) is 5.91 Å². The number of carbonyl (C=O) groups is 1. The largest absolute Gasteiger partial charge is 0.497 e. The second kappa shape index (κ2) is 9.05. The van der Waals surface area contributed by atoms with Gasteiger partial charge < -0.3 is 19.5 Å². The summed E-state index contributed by atoms with van der Waals surface area (Å²) in [4.78, 5) is 16.9. The van der Waals surface area contributed by atoms with Crippen LogP contribution in [0.5, 0.6) is 17.2 Å². The van der Waals surface area contributed by atoms with Crippen molar-refractivity contribution in [3.8, 4) is 27.8 Å². The Kier molecular flexibility index (Phi) is 6.29. The highest BCUT2D eigenvalue weighted by Crippen LogP contribution is 2.34. The molecule has 0 atom stereocenters. The number of methoxy groups -OCH3 is 2. The van der Waals surface area contributed by atoms with Crippen molar-refractivity contribution in [2.45, 2.75) is 0 Å². The number of thiazole rings is 1. The average Bonchev–Trinajstić information content (AvgIpc) is 3.23. The molecule has 2 aromatic carbocycles. The first kappa shape index (κ1) is 19.4. The van der Waals surface area contributed by atoms with Crippen LogP contribution in [0.2, 0.25) is 0 Å². The van der Waals surface area contributed by atoms with Crippen molar-refractivity contribution in [2.24, 2.45) is 0 Å². The molecule has 0 aliphatic heterocycles. The molecule has 1 amide bonds. The second-order valence-corrected chi connectivity index (χ2v) is 6.54. The molecule has 0 aliphatic carbocycles. The summed E-state index contributed by atoms with van der Waals surface area (Å²) in [5, 5.41) is 5.27. The van der Waals surface area contributed by atoms with Gasteiger partial charge in [-0.25, -0.2) is 4.98 Å². The predicted octanol–water partition coefficient (Wildman–Crippen LogP) is 4.64. The first-order valence-corrected chi connectivity index (χ1v) is 9.35. The third-order valence-electron chi connectivity index (χ3n) is 3.85. The highest BCUT2D eigenvalue weighted by atomic mass is 32.1. The highest BCUT2D eigenvalue weighted by molar-refractivity contribution is 7.13. The zero-order valence-electron chi connectivity index (χ0n) is 15.6. The van der Waals surface area contributed by atoms with Crippen LogP contribution in [0.3, 0.4) is 0 Å². The highest BCUT2D eigenvalue weighted by Gasteiger charge is 2.14. The van der Waals surface area contributed by atoms with E-state index in [1.54, 1.807) is 49.9 Å². The standard InChI is InChI=1S/C21H20N2O4S/c1-4-11-27-18-10-5-14(12-19(18)26-3)21-23-17(13-28-21)20(24)22-15-6-8-16(25-2)9-7-15/h4-10,12-13H,1,11H2,2-3H3,(H,22,24). The van der Waals surface area contributed by atoms with Crippen molar-refractivity contribution in [1.29, 1.82) is 0 Å². The van der Waals surface area contributed by atoms with Crippen molar-refractivity contribution in [3.63, 3.8) is 0 Å². The SMILES string of the molecule is C=CCOc1ccc(-c2nc(C(=O)Nc3ccc(OC)cc3)cs2)cc1OC. The van der Waals surface area contributed by atoms with Crippen LogP contribution in [-0.2, 0) is 0 Å². The summed E-state index contributed by atoms with van der Waals surface area (Å²) in [6.07, 6.45) is 1.67. The average molecular weight is 396 g/mol. The molecule has 144 valence electrons. The normalized spacial score (nSPS) is 10.2. The van der Waals surface area contributed by atoms with Crippen molar-refractivity contribution in [1.82, 2.24) is 4.98 Å². The van der Waals surface area contributed by atoms with E-state index in [0.29, 0.717) is 34.5 Å². The molecule has 3 rings (SSSR count). The molecular formula is C21H20N2O4S. The Morgan fingerprint density at radius 2 is 1.93 bits per heavy atom. The Balaban J connectivity index is 1.75. The maximum Gasteiger partial charge on any atom is 0.275 e. The van der Waals surface area contributed by atoms with E-state index < -0.39 is 0 Å². The molecule has 0 fully saturated rings. The van der Waals surface area contributed by atoms with Gasteiger partial charge in [-0.1, -0.05) is 12.7 Å². The quantitative estimate of drug-likeness (QED) is 0.562. The van der Waals surface area contributed by atoms with E-state index in [4.69, 9.17) is 14.2 Å².